The zero-order chi connectivity index (χ0) is 9.19. The lowest BCUT2D eigenvalue weighted by Crippen LogP contribution is -2.23. The predicted octanol–water partition coefficient (Wildman–Crippen LogP) is 0.669. The van der Waals surface area contributed by atoms with Crippen molar-refractivity contribution in [2.45, 2.75) is 6.36 Å². The molecule has 12 heavy (non-hydrogen) atoms. The van der Waals surface area contributed by atoms with Gasteiger partial charge in [0.15, 0.2) is 0 Å². The molecule has 0 atom stereocenters. The molecule has 0 radical (unpaired) electrons. The van der Waals surface area contributed by atoms with E-state index >= 15 is 0 Å². The Kier molecular flexibility index (Phi) is 2.03. The van der Waals surface area contributed by atoms with Crippen LogP contribution in [0.2, 0.25) is 0 Å². The summed E-state index contributed by atoms with van der Waals surface area (Å²) in [6.45, 7) is 0. The SMILES string of the molecule is O=c1[nH]ccnc1OC(F)(F)F. The highest BCUT2D eigenvalue weighted by molar-refractivity contribution is 5.02. The Morgan fingerprint density at radius 2 is 2.17 bits per heavy atom. The lowest BCUT2D eigenvalue weighted by atomic mass is 10.7. The molecule has 4 nitrogen and oxygen atoms in total. The third kappa shape index (κ3) is 2.26. The van der Waals surface area contributed by atoms with Crippen molar-refractivity contribution in [3.8, 4) is 5.88 Å². The number of hydrogen-bond acceptors (Lipinski definition) is 3. The van der Waals surface area contributed by atoms with Crippen molar-refractivity contribution in [1.82, 2.24) is 9.97 Å². The number of aromatic amines is 1. The third-order valence-corrected chi connectivity index (χ3v) is 0.887. The van der Waals surface area contributed by atoms with Crippen molar-refractivity contribution in [2.75, 3.05) is 0 Å². The van der Waals surface area contributed by atoms with Crippen LogP contribution in [0.5, 0.6) is 5.88 Å². The second-order valence-corrected chi connectivity index (χ2v) is 1.77. The number of rotatable bonds is 1. The fourth-order valence-corrected chi connectivity index (χ4v) is 0.521. The summed E-state index contributed by atoms with van der Waals surface area (Å²) < 4.78 is 37.8. The minimum Gasteiger partial charge on any atom is -0.382 e. The van der Waals surface area contributed by atoms with E-state index < -0.39 is 17.8 Å². The maximum Gasteiger partial charge on any atom is 0.574 e. The van der Waals surface area contributed by atoms with Crippen molar-refractivity contribution in [2.24, 2.45) is 0 Å². The van der Waals surface area contributed by atoms with Crippen LogP contribution >= 0.6 is 0 Å². The average molecular weight is 180 g/mol. The van der Waals surface area contributed by atoms with E-state index in [9.17, 15) is 18.0 Å². The van der Waals surface area contributed by atoms with Crippen LogP contribution in [-0.2, 0) is 0 Å². The fourth-order valence-electron chi connectivity index (χ4n) is 0.521. The third-order valence-electron chi connectivity index (χ3n) is 0.887. The Hall–Kier alpha value is -1.53. The fraction of sp³-hybridized carbons (Fsp3) is 0.200. The van der Waals surface area contributed by atoms with Gasteiger partial charge < -0.3 is 9.72 Å². The normalized spacial score (nSPS) is 11.2. The van der Waals surface area contributed by atoms with Gasteiger partial charge in [0.1, 0.15) is 0 Å². The first-order valence-corrected chi connectivity index (χ1v) is 2.78. The molecule has 0 spiro atoms. The van der Waals surface area contributed by atoms with Crippen LogP contribution in [0.4, 0.5) is 13.2 Å². The summed E-state index contributed by atoms with van der Waals surface area (Å²) >= 11 is 0. The highest BCUT2D eigenvalue weighted by Crippen LogP contribution is 2.16. The summed E-state index contributed by atoms with van der Waals surface area (Å²) in [5, 5.41) is 0. The molecular weight excluding hydrogens is 177 g/mol. The van der Waals surface area contributed by atoms with Crippen LogP contribution in [-0.4, -0.2) is 16.3 Å². The van der Waals surface area contributed by atoms with E-state index in [0.717, 1.165) is 12.4 Å². The van der Waals surface area contributed by atoms with Gasteiger partial charge in [0, 0.05) is 12.4 Å². The first kappa shape index (κ1) is 8.57. The molecule has 0 aliphatic rings. The van der Waals surface area contributed by atoms with Crippen LogP contribution in [0.15, 0.2) is 17.2 Å². The van der Waals surface area contributed by atoms with Crippen LogP contribution < -0.4 is 10.3 Å². The van der Waals surface area contributed by atoms with Crippen LogP contribution in [0, 0.1) is 0 Å². The molecule has 1 rings (SSSR count). The Balaban J connectivity index is 2.91. The van der Waals surface area contributed by atoms with Gasteiger partial charge in [0.2, 0.25) is 0 Å². The van der Waals surface area contributed by atoms with Crippen LogP contribution in [0.1, 0.15) is 0 Å². The molecule has 66 valence electrons. The second kappa shape index (κ2) is 2.84. The molecule has 0 bridgehead atoms. The van der Waals surface area contributed by atoms with E-state index in [-0.39, 0.29) is 0 Å². The van der Waals surface area contributed by atoms with E-state index in [1.54, 1.807) is 0 Å². The number of halogens is 3. The molecule has 0 saturated heterocycles. The van der Waals surface area contributed by atoms with E-state index in [4.69, 9.17) is 0 Å². The zero-order valence-electron chi connectivity index (χ0n) is 5.55. The van der Waals surface area contributed by atoms with E-state index in [1.807, 2.05) is 4.98 Å². The molecule has 0 saturated carbocycles. The van der Waals surface area contributed by atoms with Gasteiger partial charge in [-0.25, -0.2) is 4.98 Å². The van der Waals surface area contributed by atoms with Crippen molar-refractivity contribution < 1.29 is 17.9 Å². The van der Waals surface area contributed by atoms with Gasteiger partial charge in [-0.05, 0) is 0 Å². The maximum absolute atomic E-state index is 11.5. The molecule has 0 unspecified atom stereocenters. The highest BCUT2D eigenvalue weighted by Gasteiger charge is 2.32. The summed E-state index contributed by atoms with van der Waals surface area (Å²) in [4.78, 5) is 15.6. The number of nitrogens with one attached hydrogen (secondary N) is 1. The Labute approximate surface area is 64.0 Å². The predicted molar refractivity (Wildman–Crippen MR) is 31.5 cm³/mol. The number of aromatic nitrogens is 2. The Bertz CT molecular complexity index is 319. The zero-order valence-corrected chi connectivity index (χ0v) is 5.55. The van der Waals surface area contributed by atoms with Crippen molar-refractivity contribution in [1.29, 1.82) is 0 Å². The summed E-state index contributed by atoms with van der Waals surface area (Å²) in [5.74, 6) is -1.01. The molecule has 0 aromatic carbocycles. The monoisotopic (exact) mass is 180 g/mol. The van der Waals surface area contributed by atoms with E-state index in [2.05, 4.69) is 9.72 Å². The summed E-state index contributed by atoms with van der Waals surface area (Å²) in [6.07, 6.45) is -2.80. The van der Waals surface area contributed by atoms with E-state index in [1.165, 1.54) is 0 Å². The molecule has 1 N–H and O–H groups in total. The molecule has 1 aromatic rings. The van der Waals surface area contributed by atoms with E-state index in [0.29, 0.717) is 0 Å². The first-order chi connectivity index (χ1) is 5.49. The number of nitrogens with zero attached hydrogens (tertiary/aromatic N) is 1. The molecule has 7 heteroatoms. The lowest BCUT2D eigenvalue weighted by Gasteiger charge is -2.05. The molecule has 0 aliphatic heterocycles. The number of hydrogen-bond donors (Lipinski definition) is 1. The molecular formula is C5H3F3N2O2. The quantitative estimate of drug-likeness (QED) is 0.690. The molecule has 0 aliphatic carbocycles. The van der Waals surface area contributed by atoms with Crippen LogP contribution in [0.25, 0.3) is 0 Å². The maximum atomic E-state index is 11.5. The minimum atomic E-state index is -4.89. The molecule has 0 fully saturated rings. The number of ether oxygens (including phenoxy) is 1. The van der Waals surface area contributed by atoms with Crippen molar-refractivity contribution in [3.05, 3.63) is 22.7 Å². The largest absolute Gasteiger partial charge is 0.574 e. The smallest absolute Gasteiger partial charge is 0.382 e. The molecule has 0 amide bonds. The Morgan fingerprint density at radius 3 is 2.67 bits per heavy atom. The molecule has 1 heterocycles. The topological polar surface area (TPSA) is 55.0 Å². The lowest BCUT2D eigenvalue weighted by molar-refractivity contribution is -0.276. The van der Waals surface area contributed by atoms with Gasteiger partial charge in [-0.2, -0.15) is 0 Å². The minimum absolute atomic E-state index is 0.989. The van der Waals surface area contributed by atoms with Gasteiger partial charge in [0.25, 0.3) is 5.88 Å². The van der Waals surface area contributed by atoms with Crippen molar-refractivity contribution in [3.63, 3.8) is 0 Å². The van der Waals surface area contributed by atoms with Crippen LogP contribution in [0.3, 0.4) is 0 Å². The van der Waals surface area contributed by atoms with Gasteiger partial charge in [0.05, 0.1) is 0 Å². The average Bonchev–Trinajstić information content (AvgIpc) is 1.91. The summed E-state index contributed by atoms with van der Waals surface area (Å²) in [6, 6.07) is 0. The van der Waals surface area contributed by atoms with Gasteiger partial charge in [-0.15, -0.1) is 13.2 Å². The first-order valence-electron chi connectivity index (χ1n) is 2.78. The highest BCUT2D eigenvalue weighted by atomic mass is 19.4. The second-order valence-electron chi connectivity index (χ2n) is 1.77. The van der Waals surface area contributed by atoms with Crippen molar-refractivity contribution >= 4 is 0 Å². The van der Waals surface area contributed by atoms with Gasteiger partial charge in [-0.1, -0.05) is 0 Å². The standard InChI is InChI=1S/C5H3F3N2O2/c6-5(7,8)12-4-3(11)9-1-2-10-4/h1-2H,(H,9,11). The summed E-state index contributed by atoms with van der Waals surface area (Å²) in [5.41, 5.74) is -1.02. The summed E-state index contributed by atoms with van der Waals surface area (Å²) in [7, 11) is 0. The van der Waals surface area contributed by atoms with Gasteiger partial charge in [-0.3, -0.25) is 4.79 Å². The number of H-pyrrole nitrogens is 1. The Morgan fingerprint density at radius 1 is 1.50 bits per heavy atom. The number of alkyl halides is 3. The molecule has 1 aromatic heterocycles. The van der Waals surface area contributed by atoms with Gasteiger partial charge >= 0.3 is 11.9 Å².